The highest BCUT2D eigenvalue weighted by Crippen LogP contribution is 2.38. The van der Waals surface area contributed by atoms with Gasteiger partial charge in [0.1, 0.15) is 11.6 Å². The first kappa shape index (κ1) is 14.5. The zero-order valence-electron chi connectivity index (χ0n) is 13.6. The van der Waals surface area contributed by atoms with E-state index in [1.165, 1.54) is 22.4 Å². The zero-order chi connectivity index (χ0) is 17.0. The normalized spacial score (nSPS) is 14.1. The fraction of sp³-hybridized carbons (Fsp3) is 0.190. The van der Waals surface area contributed by atoms with Crippen LogP contribution < -0.4 is 0 Å². The summed E-state index contributed by atoms with van der Waals surface area (Å²) in [6.07, 6.45) is 6.09. The molecule has 124 valence electrons. The van der Waals surface area contributed by atoms with E-state index < -0.39 is 5.82 Å². The third-order valence-corrected chi connectivity index (χ3v) is 5.21. The highest BCUT2D eigenvalue weighted by Gasteiger charge is 2.22. The molecule has 0 bridgehead atoms. The molecule has 0 spiro atoms. The highest BCUT2D eigenvalue weighted by atomic mass is 19.1. The molecule has 0 unspecified atom stereocenters. The first-order chi connectivity index (χ1) is 12.2. The van der Waals surface area contributed by atoms with Crippen LogP contribution in [-0.2, 0) is 12.8 Å². The van der Waals surface area contributed by atoms with E-state index in [2.05, 4.69) is 11.1 Å². The van der Waals surface area contributed by atoms with Crippen molar-refractivity contribution < 1.29 is 9.50 Å². The molecular weight excluding hydrogens is 315 g/mol. The largest absolute Gasteiger partial charge is 0.508 e. The summed E-state index contributed by atoms with van der Waals surface area (Å²) in [5, 5.41) is 11.9. The van der Waals surface area contributed by atoms with Gasteiger partial charge in [0.2, 0.25) is 0 Å². The molecule has 25 heavy (non-hydrogen) atoms. The monoisotopic (exact) mass is 332 g/mol. The molecule has 0 fully saturated rings. The van der Waals surface area contributed by atoms with Crippen LogP contribution in [0.3, 0.4) is 0 Å². The minimum absolute atomic E-state index is 0.0649. The van der Waals surface area contributed by atoms with Crippen LogP contribution in [0.1, 0.15) is 24.0 Å². The summed E-state index contributed by atoms with van der Waals surface area (Å²) in [5.41, 5.74) is 5.63. The number of halogens is 1. The molecule has 4 aromatic rings. The number of aryl methyl sites for hydroxylation is 1. The van der Waals surface area contributed by atoms with Crippen molar-refractivity contribution in [1.29, 1.82) is 0 Å². The number of aromatic hydroxyl groups is 1. The number of H-pyrrole nitrogens is 1. The maximum atomic E-state index is 14.5. The summed E-state index contributed by atoms with van der Waals surface area (Å²) in [7, 11) is 0. The van der Waals surface area contributed by atoms with E-state index >= 15 is 0 Å². The molecular formula is C21H17FN2O. The van der Waals surface area contributed by atoms with Gasteiger partial charge >= 0.3 is 0 Å². The molecule has 3 nitrogen and oxygen atoms in total. The predicted molar refractivity (Wildman–Crippen MR) is 97.3 cm³/mol. The van der Waals surface area contributed by atoms with Crippen LogP contribution >= 0.6 is 0 Å². The maximum absolute atomic E-state index is 14.5. The highest BCUT2D eigenvalue weighted by molar-refractivity contribution is 6.08. The van der Waals surface area contributed by atoms with Gasteiger partial charge < -0.3 is 10.1 Å². The number of benzene rings is 2. The average molecular weight is 332 g/mol. The second-order valence-electron chi connectivity index (χ2n) is 6.69. The van der Waals surface area contributed by atoms with E-state index in [1.807, 2.05) is 18.3 Å². The Hall–Kier alpha value is -2.88. The molecule has 0 saturated carbocycles. The second-order valence-corrected chi connectivity index (χ2v) is 6.69. The second kappa shape index (κ2) is 5.31. The summed E-state index contributed by atoms with van der Waals surface area (Å²) in [6, 6.07) is 10.4. The van der Waals surface area contributed by atoms with Crippen LogP contribution in [0.5, 0.6) is 5.75 Å². The third-order valence-electron chi connectivity index (χ3n) is 5.21. The van der Waals surface area contributed by atoms with Crippen LogP contribution in [0, 0.1) is 5.82 Å². The van der Waals surface area contributed by atoms with E-state index in [9.17, 15) is 9.50 Å². The molecule has 4 heteroatoms. The quantitative estimate of drug-likeness (QED) is 0.509. The molecule has 0 radical (unpaired) electrons. The van der Waals surface area contributed by atoms with Crippen LogP contribution in [0.2, 0.25) is 0 Å². The number of nitrogens with zero attached hydrogens (tertiary/aromatic N) is 1. The van der Waals surface area contributed by atoms with Gasteiger partial charge in [-0.2, -0.15) is 0 Å². The van der Waals surface area contributed by atoms with E-state index in [1.54, 1.807) is 6.07 Å². The third kappa shape index (κ3) is 2.14. The van der Waals surface area contributed by atoms with Gasteiger partial charge in [0.25, 0.3) is 0 Å². The first-order valence-corrected chi connectivity index (χ1v) is 8.63. The fourth-order valence-corrected chi connectivity index (χ4v) is 4.08. The van der Waals surface area contributed by atoms with Gasteiger partial charge in [-0.25, -0.2) is 9.37 Å². The zero-order valence-corrected chi connectivity index (χ0v) is 13.6. The lowest BCUT2D eigenvalue weighted by molar-refractivity contribution is 0.469. The summed E-state index contributed by atoms with van der Waals surface area (Å²) in [6.45, 7) is 0. The summed E-state index contributed by atoms with van der Waals surface area (Å²) >= 11 is 0. The molecule has 2 N–H and O–H groups in total. The van der Waals surface area contributed by atoms with E-state index in [-0.39, 0.29) is 5.75 Å². The fourth-order valence-electron chi connectivity index (χ4n) is 4.08. The number of phenols is 1. The van der Waals surface area contributed by atoms with Crippen molar-refractivity contribution in [3.05, 3.63) is 59.5 Å². The number of hydrogen-bond donors (Lipinski definition) is 2. The maximum Gasteiger partial charge on any atom is 0.136 e. The number of fused-ring (bicyclic) bond motifs is 5. The summed E-state index contributed by atoms with van der Waals surface area (Å²) in [4.78, 5) is 8.11. The molecule has 5 rings (SSSR count). The number of aromatic nitrogens is 2. The topological polar surface area (TPSA) is 48.9 Å². The minimum atomic E-state index is -0.428. The lowest BCUT2D eigenvalue weighted by Gasteiger charge is -2.22. The number of nitrogens with one attached hydrogen (secondary N) is 1. The van der Waals surface area contributed by atoms with Gasteiger partial charge in [-0.3, -0.25) is 0 Å². The molecule has 2 aromatic carbocycles. The van der Waals surface area contributed by atoms with Gasteiger partial charge in [0.15, 0.2) is 0 Å². The predicted octanol–water partition coefficient (Wildman–Crippen LogP) is 5.11. The van der Waals surface area contributed by atoms with Crippen LogP contribution in [0.4, 0.5) is 4.39 Å². The molecule has 1 aliphatic carbocycles. The average Bonchev–Trinajstić information content (AvgIpc) is 3.10. The molecule has 2 aromatic heterocycles. The van der Waals surface area contributed by atoms with Crippen LogP contribution in [0.25, 0.3) is 33.1 Å². The van der Waals surface area contributed by atoms with E-state index in [4.69, 9.17) is 4.98 Å². The lowest BCUT2D eigenvalue weighted by atomic mass is 9.85. The van der Waals surface area contributed by atoms with Crippen molar-refractivity contribution in [1.82, 2.24) is 9.97 Å². The summed E-state index contributed by atoms with van der Waals surface area (Å²) in [5.74, 6) is -0.493. The Bertz CT molecular complexity index is 1130. The Morgan fingerprint density at radius 2 is 1.84 bits per heavy atom. The van der Waals surface area contributed by atoms with Crippen molar-refractivity contribution in [2.45, 2.75) is 25.7 Å². The SMILES string of the molecule is Oc1ccc(-c2nc3ccc4[nH]ccc4c3c3c2CCCC3)c(F)c1. The molecule has 0 atom stereocenters. The number of aromatic amines is 1. The number of hydrogen-bond acceptors (Lipinski definition) is 2. The number of rotatable bonds is 1. The number of pyridine rings is 1. The molecule has 0 saturated heterocycles. The molecule has 0 aliphatic heterocycles. The van der Waals surface area contributed by atoms with Gasteiger partial charge in [0, 0.05) is 34.1 Å². The van der Waals surface area contributed by atoms with Crippen LogP contribution in [-0.4, -0.2) is 15.1 Å². The standard InChI is InChI=1S/C21H17FN2O/c22-17-11-12(25)5-6-15(17)21-14-4-2-1-3-13(14)20-16-9-10-23-18(16)7-8-19(20)24-21/h5-11,23,25H,1-4H2. The Balaban J connectivity index is 1.90. The van der Waals surface area contributed by atoms with Crippen molar-refractivity contribution in [2.24, 2.45) is 0 Å². The molecule has 0 amide bonds. The van der Waals surface area contributed by atoms with Crippen LogP contribution in [0.15, 0.2) is 42.6 Å². The Labute approximate surface area is 144 Å². The minimum Gasteiger partial charge on any atom is -0.508 e. The summed E-state index contributed by atoms with van der Waals surface area (Å²) < 4.78 is 14.5. The number of phenolic OH excluding ortho intramolecular Hbond substituents is 1. The van der Waals surface area contributed by atoms with E-state index in [0.717, 1.165) is 54.0 Å². The Morgan fingerprint density at radius 3 is 2.68 bits per heavy atom. The van der Waals surface area contributed by atoms with Gasteiger partial charge in [-0.15, -0.1) is 0 Å². The first-order valence-electron chi connectivity index (χ1n) is 8.63. The van der Waals surface area contributed by atoms with Crippen molar-refractivity contribution >= 4 is 21.8 Å². The Kier molecular flexibility index (Phi) is 3.07. The smallest absolute Gasteiger partial charge is 0.136 e. The van der Waals surface area contributed by atoms with E-state index in [0.29, 0.717) is 5.56 Å². The van der Waals surface area contributed by atoms with Gasteiger partial charge in [-0.1, -0.05) is 0 Å². The van der Waals surface area contributed by atoms with Crippen molar-refractivity contribution in [3.63, 3.8) is 0 Å². The van der Waals surface area contributed by atoms with Crippen molar-refractivity contribution in [3.8, 4) is 17.0 Å². The van der Waals surface area contributed by atoms with Gasteiger partial charge in [0.05, 0.1) is 11.2 Å². The molecule has 1 aliphatic rings. The van der Waals surface area contributed by atoms with Crippen molar-refractivity contribution in [2.75, 3.05) is 0 Å². The van der Waals surface area contributed by atoms with Gasteiger partial charge in [-0.05, 0) is 67.1 Å². The molecule has 2 heterocycles. The Morgan fingerprint density at radius 1 is 1.00 bits per heavy atom. The lowest BCUT2D eigenvalue weighted by Crippen LogP contribution is -2.08.